The highest BCUT2D eigenvalue weighted by atomic mass is 35.5. The molecule has 1 fully saturated rings. The number of imidazole rings is 1. The van der Waals surface area contributed by atoms with Gasteiger partial charge in [-0.3, -0.25) is 19.3 Å². The first kappa shape index (κ1) is 47.5. The van der Waals surface area contributed by atoms with Crippen LogP contribution >= 0.6 is 30.5 Å². The Morgan fingerprint density at radius 2 is 1.88 bits per heavy atom. The number of anilines is 1. The molecule has 4 N–H and O–H groups in total. The summed E-state index contributed by atoms with van der Waals surface area (Å²) in [7, 11) is -2.84. The first-order chi connectivity index (χ1) is 30.9. The molecule has 2 aliphatic heterocycles. The molecule has 7 rings (SSSR count). The molecular weight excluding hydrogens is 912 g/mol. The van der Waals surface area contributed by atoms with Gasteiger partial charge < -0.3 is 34.4 Å². The lowest BCUT2D eigenvalue weighted by atomic mass is 9.88. The van der Waals surface area contributed by atoms with Gasteiger partial charge in [0.15, 0.2) is 22.3 Å². The number of piperidine rings is 1. The van der Waals surface area contributed by atoms with Gasteiger partial charge in [-0.2, -0.15) is 0 Å². The maximum Gasteiger partial charge on any atom is 0.342 e. The SMILES string of the molecule is COC(=O)C1=C(CN2CC(c3ccc(OP(=O)(CO[C@H](C)Cn4cnc5c(N)ncnc54)NC(C)C(=O)OC(C)C)cc3)CC(F)(F)C2)NC(c2nccs2)=NC1c1ccc(F)cc1Cl. The van der Waals surface area contributed by atoms with Crippen LogP contribution in [0.1, 0.15) is 62.2 Å². The lowest BCUT2D eigenvalue weighted by Gasteiger charge is -2.39. The van der Waals surface area contributed by atoms with E-state index in [0.29, 0.717) is 27.3 Å². The summed E-state index contributed by atoms with van der Waals surface area (Å²) in [5, 5.41) is 8.13. The molecule has 3 aromatic heterocycles. The van der Waals surface area contributed by atoms with Gasteiger partial charge in [0.2, 0.25) is 0 Å². The van der Waals surface area contributed by atoms with Crippen LogP contribution in [0.5, 0.6) is 5.75 Å². The highest BCUT2D eigenvalue weighted by Gasteiger charge is 2.43. The summed E-state index contributed by atoms with van der Waals surface area (Å²) in [6.45, 7) is 6.23. The van der Waals surface area contributed by atoms with Gasteiger partial charge in [-0.15, -0.1) is 11.3 Å². The van der Waals surface area contributed by atoms with Crippen LogP contribution in [-0.4, -0.2) is 104 Å². The average Bonchev–Trinajstić information content (AvgIpc) is 3.94. The molecule has 5 aromatic rings. The zero-order chi connectivity index (χ0) is 46.6. The number of rotatable bonds is 17. The zero-order valence-corrected chi connectivity index (χ0v) is 38.4. The minimum absolute atomic E-state index is 0.0101. The number of aromatic nitrogens is 5. The Balaban J connectivity index is 1.10. The summed E-state index contributed by atoms with van der Waals surface area (Å²) in [4.78, 5) is 49.4. The van der Waals surface area contributed by atoms with Gasteiger partial charge in [0.05, 0.1) is 44.3 Å². The van der Waals surface area contributed by atoms with Crippen LogP contribution in [0.25, 0.3) is 11.2 Å². The quantitative estimate of drug-likeness (QED) is 0.0642. The fourth-order valence-corrected chi connectivity index (χ4v) is 10.2. The molecule has 5 atom stereocenters. The normalized spacial score (nSPS) is 19.6. The van der Waals surface area contributed by atoms with Crippen molar-refractivity contribution in [3.05, 3.63) is 105 Å². The second-order valence-corrected chi connectivity index (χ2v) is 19.3. The number of halogens is 4. The second kappa shape index (κ2) is 20.0. The molecular formula is C42H47ClF3N10O7PS. The lowest BCUT2D eigenvalue weighted by molar-refractivity contribution is -0.149. The number of nitrogens with two attached hydrogens (primary N) is 1. The summed E-state index contributed by atoms with van der Waals surface area (Å²) in [6, 6.07) is 7.82. The molecule has 4 unspecified atom stereocenters. The second-order valence-electron chi connectivity index (χ2n) is 15.9. The fourth-order valence-electron chi connectivity index (χ4n) is 7.56. The third-order valence-electron chi connectivity index (χ3n) is 10.4. The van der Waals surface area contributed by atoms with Gasteiger partial charge in [0.1, 0.15) is 41.8 Å². The van der Waals surface area contributed by atoms with Crippen molar-refractivity contribution in [2.24, 2.45) is 4.99 Å². The molecule has 2 aromatic carbocycles. The minimum atomic E-state index is -4.03. The number of aliphatic imine (C=N–C) groups is 1. The third-order valence-corrected chi connectivity index (χ3v) is 13.3. The van der Waals surface area contributed by atoms with E-state index in [-0.39, 0.29) is 53.3 Å². The predicted octanol–water partition coefficient (Wildman–Crippen LogP) is 6.86. The van der Waals surface area contributed by atoms with Crippen molar-refractivity contribution in [3.63, 3.8) is 0 Å². The first-order valence-electron chi connectivity index (χ1n) is 20.4. The van der Waals surface area contributed by atoms with Crippen molar-refractivity contribution >= 4 is 65.2 Å². The summed E-state index contributed by atoms with van der Waals surface area (Å²) < 4.78 is 84.4. The smallest absolute Gasteiger partial charge is 0.342 e. The van der Waals surface area contributed by atoms with Gasteiger partial charge >= 0.3 is 19.5 Å². The lowest BCUT2D eigenvalue weighted by Crippen LogP contribution is -2.49. The number of nitrogens with zero attached hydrogens (tertiary/aromatic N) is 7. The standard InChI is InChI=1S/C42H47ClF3N10O7PS/c1-23(2)62-40(57)25(4)54-64(59,22-61-24(3)16-56-21-51-35-36(47)49-20-50-38(35)56)63-29-9-6-26(7-10-29)27-15-42(45,46)19-55(17-27)18-32-33(41(58)60-5)34(30-11-8-28(44)14-31(30)43)53-37(52-32)39-48-12-13-65-39/h6-14,20-21,23-25,27,34H,15-19,22H2,1-5H3,(H,52,53)(H,54,59)(H2,47,49,50)/t24-,25?,27?,34?,64?/m1/s1. The Hall–Kier alpha value is -5.44. The van der Waals surface area contributed by atoms with Crippen molar-refractivity contribution in [2.75, 3.05) is 38.8 Å². The molecule has 2 aliphatic rings. The average molecular weight is 959 g/mol. The highest BCUT2D eigenvalue weighted by molar-refractivity contribution is 7.57. The number of thiazole rings is 1. The van der Waals surface area contributed by atoms with Crippen LogP contribution in [0.15, 0.2) is 83.0 Å². The number of amidine groups is 1. The molecule has 0 aliphatic carbocycles. The number of hydrogen-bond donors (Lipinski definition) is 3. The molecule has 346 valence electrons. The van der Waals surface area contributed by atoms with Crippen LogP contribution in [-0.2, 0) is 34.9 Å². The number of nitrogens with one attached hydrogen (secondary N) is 2. The highest BCUT2D eigenvalue weighted by Crippen LogP contribution is 2.45. The van der Waals surface area contributed by atoms with E-state index in [2.05, 4.69) is 30.3 Å². The van der Waals surface area contributed by atoms with Crippen molar-refractivity contribution in [1.82, 2.24) is 39.8 Å². The van der Waals surface area contributed by atoms with Gasteiger partial charge in [-0.05, 0) is 57.5 Å². The number of alkyl halides is 2. The Morgan fingerprint density at radius 1 is 1.11 bits per heavy atom. The number of esters is 2. The summed E-state index contributed by atoms with van der Waals surface area (Å²) in [5.41, 5.74) is 7.95. The molecule has 5 heterocycles. The first-order valence-corrected chi connectivity index (χ1v) is 23.5. The van der Waals surface area contributed by atoms with Crippen molar-refractivity contribution in [1.29, 1.82) is 0 Å². The van der Waals surface area contributed by atoms with Gasteiger partial charge in [0, 0.05) is 53.3 Å². The Bertz CT molecular complexity index is 2640. The number of hydrogen-bond acceptors (Lipinski definition) is 16. The third kappa shape index (κ3) is 11.5. The predicted molar refractivity (Wildman–Crippen MR) is 237 cm³/mol. The summed E-state index contributed by atoms with van der Waals surface area (Å²) >= 11 is 7.76. The number of nitrogen functional groups attached to an aromatic ring is 1. The topological polar surface area (TPSA) is 210 Å². The van der Waals surface area contributed by atoms with Gasteiger partial charge in [-0.1, -0.05) is 29.8 Å². The molecule has 17 nitrogen and oxygen atoms in total. The zero-order valence-electron chi connectivity index (χ0n) is 35.9. The Labute approximate surface area is 381 Å². The summed E-state index contributed by atoms with van der Waals surface area (Å²) in [5.74, 6) is -5.27. The largest absolute Gasteiger partial charge is 0.466 e. The maximum atomic E-state index is 15.7. The van der Waals surface area contributed by atoms with E-state index in [1.165, 1.54) is 67.2 Å². The number of fused-ring (bicyclic) bond motifs is 1. The number of ether oxygens (including phenoxy) is 3. The van der Waals surface area contributed by atoms with Gasteiger partial charge in [-0.25, -0.2) is 43.0 Å². The van der Waals surface area contributed by atoms with E-state index in [4.69, 9.17) is 41.1 Å². The number of benzene rings is 2. The van der Waals surface area contributed by atoms with Crippen molar-refractivity contribution < 1.29 is 46.1 Å². The maximum absolute atomic E-state index is 15.7. The molecule has 65 heavy (non-hydrogen) atoms. The number of likely N-dealkylation sites (tertiary alicyclic amines) is 1. The molecule has 0 radical (unpaired) electrons. The van der Waals surface area contributed by atoms with E-state index in [9.17, 15) is 18.5 Å². The van der Waals surface area contributed by atoms with Crippen LogP contribution in [0, 0.1) is 5.82 Å². The van der Waals surface area contributed by atoms with Crippen LogP contribution in [0.3, 0.4) is 0 Å². The number of carbonyl (C=O) groups is 2. The van der Waals surface area contributed by atoms with E-state index in [0.717, 1.165) is 6.07 Å². The van der Waals surface area contributed by atoms with Crippen molar-refractivity contribution in [2.45, 2.75) is 76.8 Å². The van der Waals surface area contributed by atoms with Crippen molar-refractivity contribution in [3.8, 4) is 5.75 Å². The monoisotopic (exact) mass is 958 g/mol. The van der Waals surface area contributed by atoms with Crippen LogP contribution < -0.4 is 20.7 Å². The Morgan fingerprint density at radius 3 is 2.57 bits per heavy atom. The van der Waals surface area contributed by atoms with E-state index in [1.54, 1.807) is 49.0 Å². The molecule has 0 spiro atoms. The van der Waals surface area contributed by atoms with E-state index in [1.807, 2.05) is 0 Å². The fraction of sp³-hybridized carbons (Fsp3) is 0.405. The van der Waals surface area contributed by atoms with Gasteiger partial charge in [0.25, 0.3) is 5.92 Å². The van der Waals surface area contributed by atoms with E-state index >= 15 is 8.78 Å². The van der Waals surface area contributed by atoms with Crippen LogP contribution in [0.4, 0.5) is 19.0 Å². The molecule has 0 bridgehead atoms. The minimum Gasteiger partial charge on any atom is -0.466 e. The number of carbonyl (C=O) groups excluding carboxylic acids is 2. The van der Waals surface area contributed by atoms with Crippen LogP contribution in [0.2, 0.25) is 5.02 Å². The molecule has 0 saturated carbocycles. The number of methoxy groups -OCH3 is 1. The molecule has 0 amide bonds. The molecule has 1 saturated heterocycles. The Kier molecular flexibility index (Phi) is 14.6. The summed E-state index contributed by atoms with van der Waals surface area (Å²) in [6.07, 6.45) is 2.49. The molecule has 23 heteroatoms. The van der Waals surface area contributed by atoms with E-state index < -0.39 is 80.7 Å².